The normalized spacial score (nSPS) is 25.8. The van der Waals surface area contributed by atoms with E-state index in [0.29, 0.717) is 11.3 Å². The molecule has 0 spiro atoms. The average molecular weight is 286 g/mol. The van der Waals surface area contributed by atoms with Crippen LogP contribution in [-0.2, 0) is 6.42 Å². The lowest BCUT2D eigenvalue weighted by atomic mass is 9.66. The number of pyridine rings is 1. The lowest BCUT2D eigenvalue weighted by molar-refractivity contribution is 0.154. The molecule has 1 aromatic rings. The molecule has 21 heavy (non-hydrogen) atoms. The predicted molar refractivity (Wildman–Crippen MR) is 88.2 cm³/mol. The van der Waals surface area contributed by atoms with Gasteiger partial charge in [-0.05, 0) is 61.5 Å². The van der Waals surface area contributed by atoms with Crippen molar-refractivity contribution >= 4 is 0 Å². The van der Waals surface area contributed by atoms with Crippen molar-refractivity contribution in [3.8, 4) is 0 Å². The molecule has 2 unspecified atom stereocenters. The Morgan fingerprint density at radius 3 is 2.76 bits per heavy atom. The maximum Gasteiger partial charge on any atom is 0.0482 e. The molecule has 0 amide bonds. The van der Waals surface area contributed by atoms with Gasteiger partial charge in [0.2, 0.25) is 0 Å². The third kappa shape index (κ3) is 2.88. The maximum absolute atomic E-state index is 6.91. The Labute approximate surface area is 129 Å². The maximum atomic E-state index is 6.91. The molecule has 2 atom stereocenters. The highest BCUT2D eigenvalue weighted by atomic mass is 14.8. The lowest BCUT2D eigenvalue weighted by Crippen LogP contribution is -2.46. The van der Waals surface area contributed by atoms with E-state index >= 15 is 0 Å². The number of nitrogens with two attached hydrogens (primary N) is 1. The first-order valence-corrected chi connectivity index (χ1v) is 8.82. The van der Waals surface area contributed by atoms with Gasteiger partial charge in [-0.1, -0.05) is 32.8 Å². The van der Waals surface area contributed by atoms with Gasteiger partial charge in [-0.25, -0.2) is 0 Å². The summed E-state index contributed by atoms with van der Waals surface area (Å²) in [5.41, 5.74) is 10.0. The number of aryl methyl sites for hydroxylation is 1. The molecular formula is C19H30N2. The zero-order chi connectivity index (χ0) is 14.9. The van der Waals surface area contributed by atoms with E-state index in [2.05, 4.69) is 26.0 Å². The van der Waals surface area contributed by atoms with Crippen molar-refractivity contribution < 1.29 is 0 Å². The molecule has 0 saturated heterocycles. The van der Waals surface area contributed by atoms with Crippen molar-refractivity contribution in [2.24, 2.45) is 17.1 Å². The third-order valence-corrected chi connectivity index (χ3v) is 5.79. The molecule has 2 aliphatic rings. The Morgan fingerprint density at radius 2 is 2.05 bits per heavy atom. The zero-order valence-electron chi connectivity index (χ0n) is 13.6. The summed E-state index contributed by atoms with van der Waals surface area (Å²) in [5, 5.41) is 0. The summed E-state index contributed by atoms with van der Waals surface area (Å²) in [6.07, 6.45) is 12.3. The number of hydrogen-bond acceptors (Lipinski definition) is 2. The first kappa shape index (κ1) is 15.0. The van der Waals surface area contributed by atoms with Gasteiger partial charge in [0.1, 0.15) is 0 Å². The highest BCUT2D eigenvalue weighted by Crippen LogP contribution is 2.50. The van der Waals surface area contributed by atoms with Crippen molar-refractivity contribution in [1.29, 1.82) is 0 Å². The molecule has 1 saturated carbocycles. The highest BCUT2D eigenvalue weighted by molar-refractivity contribution is 5.28. The van der Waals surface area contributed by atoms with Crippen LogP contribution in [0, 0.1) is 11.3 Å². The van der Waals surface area contributed by atoms with Gasteiger partial charge in [0.25, 0.3) is 0 Å². The van der Waals surface area contributed by atoms with Crippen LogP contribution < -0.4 is 5.73 Å². The number of fused-ring (bicyclic) bond motifs is 1. The van der Waals surface area contributed by atoms with Gasteiger partial charge in [0.15, 0.2) is 0 Å². The minimum atomic E-state index is 0.288. The van der Waals surface area contributed by atoms with Crippen LogP contribution >= 0.6 is 0 Å². The number of aromatic nitrogens is 1. The highest BCUT2D eigenvalue weighted by Gasteiger charge is 2.44. The fourth-order valence-corrected chi connectivity index (χ4v) is 4.99. The summed E-state index contributed by atoms with van der Waals surface area (Å²) in [4.78, 5) is 4.72. The van der Waals surface area contributed by atoms with Gasteiger partial charge in [0, 0.05) is 23.9 Å². The van der Waals surface area contributed by atoms with Gasteiger partial charge in [-0.15, -0.1) is 0 Å². The predicted octanol–water partition coefficient (Wildman–Crippen LogP) is 4.44. The molecule has 0 aliphatic heterocycles. The van der Waals surface area contributed by atoms with E-state index in [1.165, 1.54) is 62.6 Å². The van der Waals surface area contributed by atoms with Crippen LogP contribution in [0.15, 0.2) is 18.3 Å². The standard InChI is InChI=1S/C19H30N2/c1-14(2)13-19(10-3-4-11-19)18(20)16-9-5-7-15-8-6-12-21-17(15)16/h6,8,12,14,16,18H,3-5,7,9-11,13,20H2,1-2H3. The van der Waals surface area contributed by atoms with Crippen LogP contribution in [0.1, 0.15) is 76.0 Å². The molecule has 1 heterocycles. The summed E-state index contributed by atoms with van der Waals surface area (Å²) in [5.74, 6) is 1.22. The molecule has 2 N–H and O–H groups in total. The SMILES string of the molecule is CC(C)CC1(C(N)C2CCCc3cccnc32)CCCC1. The van der Waals surface area contributed by atoms with E-state index in [1.807, 2.05) is 6.20 Å². The molecule has 2 heteroatoms. The monoisotopic (exact) mass is 286 g/mol. The van der Waals surface area contributed by atoms with Crippen LogP contribution in [0.2, 0.25) is 0 Å². The first-order valence-electron chi connectivity index (χ1n) is 8.82. The van der Waals surface area contributed by atoms with Crippen molar-refractivity contribution in [3.63, 3.8) is 0 Å². The van der Waals surface area contributed by atoms with Crippen molar-refractivity contribution in [2.45, 2.75) is 77.2 Å². The molecule has 116 valence electrons. The Morgan fingerprint density at radius 1 is 1.29 bits per heavy atom. The van der Waals surface area contributed by atoms with E-state index in [9.17, 15) is 0 Å². The summed E-state index contributed by atoms with van der Waals surface area (Å²) in [6, 6.07) is 4.62. The summed E-state index contributed by atoms with van der Waals surface area (Å²) in [6.45, 7) is 4.69. The van der Waals surface area contributed by atoms with E-state index in [4.69, 9.17) is 10.7 Å². The fourth-order valence-electron chi connectivity index (χ4n) is 4.99. The van der Waals surface area contributed by atoms with E-state index in [-0.39, 0.29) is 6.04 Å². The molecule has 3 rings (SSSR count). The summed E-state index contributed by atoms with van der Waals surface area (Å²) >= 11 is 0. The fraction of sp³-hybridized carbons (Fsp3) is 0.737. The molecule has 0 radical (unpaired) electrons. The second-order valence-electron chi connectivity index (χ2n) is 7.74. The van der Waals surface area contributed by atoms with Crippen LogP contribution in [0.25, 0.3) is 0 Å². The Bertz CT molecular complexity index is 474. The molecule has 2 nitrogen and oxygen atoms in total. The van der Waals surface area contributed by atoms with Crippen LogP contribution in [-0.4, -0.2) is 11.0 Å². The number of nitrogens with zero attached hydrogens (tertiary/aromatic N) is 1. The Hall–Kier alpha value is -0.890. The van der Waals surface area contributed by atoms with Crippen molar-refractivity contribution in [3.05, 3.63) is 29.6 Å². The minimum absolute atomic E-state index is 0.288. The van der Waals surface area contributed by atoms with Gasteiger partial charge in [-0.3, -0.25) is 4.98 Å². The topological polar surface area (TPSA) is 38.9 Å². The van der Waals surface area contributed by atoms with Gasteiger partial charge < -0.3 is 5.73 Å². The zero-order valence-corrected chi connectivity index (χ0v) is 13.6. The molecule has 1 fully saturated rings. The molecule has 0 aromatic carbocycles. The molecular weight excluding hydrogens is 256 g/mol. The Balaban J connectivity index is 1.89. The first-order chi connectivity index (χ1) is 10.1. The van der Waals surface area contributed by atoms with Gasteiger partial charge in [-0.2, -0.15) is 0 Å². The summed E-state index contributed by atoms with van der Waals surface area (Å²) < 4.78 is 0. The molecule has 0 bridgehead atoms. The second-order valence-corrected chi connectivity index (χ2v) is 7.74. The lowest BCUT2D eigenvalue weighted by Gasteiger charge is -2.42. The molecule has 1 aromatic heterocycles. The number of hydrogen-bond donors (Lipinski definition) is 1. The average Bonchev–Trinajstić information content (AvgIpc) is 2.95. The minimum Gasteiger partial charge on any atom is -0.327 e. The van der Waals surface area contributed by atoms with E-state index in [1.54, 1.807) is 0 Å². The van der Waals surface area contributed by atoms with E-state index in [0.717, 1.165) is 5.92 Å². The number of rotatable bonds is 4. The van der Waals surface area contributed by atoms with Crippen molar-refractivity contribution in [2.75, 3.05) is 0 Å². The van der Waals surface area contributed by atoms with E-state index < -0.39 is 0 Å². The van der Waals surface area contributed by atoms with Crippen molar-refractivity contribution in [1.82, 2.24) is 4.98 Å². The second kappa shape index (κ2) is 6.08. The Kier molecular flexibility index (Phi) is 4.35. The van der Waals surface area contributed by atoms with Gasteiger partial charge in [0.05, 0.1) is 0 Å². The smallest absolute Gasteiger partial charge is 0.0482 e. The molecule has 2 aliphatic carbocycles. The van der Waals surface area contributed by atoms with Crippen LogP contribution in [0.5, 0.6) is 0 Å². The third-order valence-electron chi connectivity index (χ3n) is 5.79. The van der Waals surface area contributed by atoms with Crippen LogP contribution in [0.3, 0.4) is 0 Å². The van der Waals surface area contributed by atoms with Crippen LogP contribution in [0.4, 0.5) is 0 Å². The largest absolute Gasteiger partial charge is 0.327 e. The quantitative estimate of drug-likeness (QED) is 0.889. The summed E-state index contributed by atoms with van der Waals surface area (Å²) in [7, 11) is 0. The van der Waals surface area contributed by atoms with Gasteiger partial charge >= 0.3 is 0 Å².